The van der Waals surface area contributed by atoms with Gasteiger partial charge in [-0.15, -0.1) is 0 Å². The van der Waals surface area contributed by atoms with E-state index in [1.54, 1.807) is 0 Å². The van der Waals surface area contributed by atoms with Gasteiger partial charge in [0.05, 0.1) is 0 Å². The molecule has 3 heteroatoms. The number of esters is 1. The van der Waals surface area contributed by atoms with E-state index >= 15 is 0 Å². The number of hydrogen-bond acceptors (Lipinski definition) is 3. The molecule has 0 unspecified atom stereocenters. The van der Waals surface area contributed by atoms with Crippen LogP contribution in [-0.4, -0.2) is 19.1 Å². The fourth-order valence-corrected chi connectivity index (χ4v) is 1.71. The first-order chi connectivity index (χ1) is 8.79. The van der Waals surface area contributed by atoms with E-state index in [1.165, 1.54) is 10.8 Å². The molecule has 0 fully saturated rings. The molecule has 0 aliphatic heterocycles. The SMILES string of the molecule is C=CC(=O)OCCNc1ccc2ccccc2c1. The lowest BCUT2D eigenvalue weighted by Crippen LogP contribution is -2.12. The van der Waals surface area contributed by atoms with Crippen LogP contribution in [-0.2, 0) is 9.53 Å². The predicted octanol–water partition coefficient (Wildman–Crippen LogP) is 2.98. The van der Waals surface area contributed by atoms with Gasteiger partial charge >= 0.3 is 5.97 Å². The summed E-state index contributed by atoms with van der Waals surface area (Å²) in [5.74, 6) is -0.393. The van der Waals surface area contributed by atoms with Crippen LogP contribution < -0.4 is 5.32 Å². The molecule has 18 heavy (non-hydrogen) atoms. The van der Waals surface area contributed by atoms with E-state index < -0.39 is 5.97 Å². The molecule has 0 saturated heterocycles. The topological polar surface area (TPSA) is 38.3 Å². The Labute approximate surface area is 106 Å². The van der Waals surface area contributed by atoms with Crippen LogP contribution in [0.25, 0.3) is 10.8 Å². The number of anilines is 1. The second-order valence-electron chi connectivity index (χ2n) is 3.86. The summed E-state index contributed by atoms with van der Waals surface area (Å²) in [6.45, 7) is 4.25. The van der Waals surface area contributed by atoms with Gasteiger partial charge in [0, 0.05) is 18.3 Å². The summed E-state index contributed by atoms with van der Waals surface area (Å²) in [5, 5.41) is 5.60. The third-order valence-corrected chi connectivity index (χ3v) is 2.59. The van der Waals surface area contributed by atoms with Gasteiger partial charge in [-0.25, -0.2) is 4.79 Å². The fourth-order valence-electron chi connectivity index (χ4n) is 1.71. The largest absolute Gasteiger partial charge is 0.461 e. The van der Waals surface area contributed by atoms with Crippen LogP contribution in [0.4, 0.5) is 5.69 Å². The average molecular weight is 241 g/mol. The molecule has 0 saturated carbocycles. The number of carbonyl (C=O) groups excluding carboxylic acids is 1. The number of benzene rings is 2. The lowest BCUT2D eigenvalue weighted by atomic mass is 10.1. The molecule has 0 spiro atoms. The Hall–Kier alpha value is -2.29. The molecular formula is C15H15NO2. The quantitative estimate of drug-likeness (QED) is 0.497. The second-order valence-corrected chi connectivity index (χ2v) is 3.86. The Morgan fingerprint density at radius 1 is 1.22 bits per heavy atom. The molecule has 2 aromatic carbocycles. The van der Waals surface area contributed by atoms with Gasteiger partial charge in [0.1, 0.15) is 6.61 Å². The van der Waals surface area contributed by atoms with Crippen molar-refractivity contribution >= 4 is 22.4 Å². The summed E-state index contributed by atoms with van der Waals surface area (Å²) in [5.41, 5.74) is 1.02. The van der Waals surface area contributed by atoms with Crippen LogP contribution in [0.1, 0.15) is 0 Å². The maximum atomic E-state index is 10.8. The molecule has 92 valence electrons. The summed E-state index contributed by atoms with van der Waals surface area (Å²) in [7, 11) is 0. The summed E-state index contributed by atoms with van der Waals surface area (Å²) < 4.78 is 4.88. The van der Waals surface area contributed by atoms with E-state index in [2.05, 4.69) is 36.2 Å². The van der Waals surface area contributed by atoms with Crippen LogP contribution in [0.15, 0.2) is 55.1 Å². The molecular weight excluding hydrogens is 226 g/mol. The molecule has 1 N–H and O–H groups in total. The molecule has 0 amide bonds. The lowest BCUT2D eigenvalue weighted by Gasteiger charge is -2.07. The number of carbonyl (C=O) groups is 1. The van der Waals surface area contributed by atoms with Crippen LogP contribution in [0.3, 0.4) is 0 Å². The number of rotatable bonds is 5. The molecule has 0 radical (unpaired) electrons. The normalized spacial score (nSPS) is 10.0. The van der Waals surface area contributed by atoms with Gasteiger partial charge in [-0.1, -0.05) is 36.9 Å². The van der Waals surface area contributed by atoms with Crippen molar-refractivity contribution in [3.63, 3.8) is 0 Å². The predicted molar refractivity (Wildman–Crippen MR) is 73.6 cm³/mol. The van der Waals surface area contributed by atoms with E-state index in [-0.39, 0.29) is 0 Å². The van der Waals surface area contributed by atoms with Crippen LogP contribution in [0, 0.1) is 0 Å². The van der Waals surface area contributed by atoms with E-state index in [4.69, 9.17) is 4.74 Å². The average Bonchev–Trinajstić information content (AvgIpc) is 2.43. The molecule has 3 nitrogen and oxygen atoms in total. The smallest absolute Gasteiger partial charge is 0.330 e. The van der Waals surface area contributed by atoms with Crippen LogP contribution in [0.2, 0.25) is 0 Å². The van der Waals surface area contributed by atoms with E-state index in [0.29, 0.717) is 13.2 Å². The van der Waals surface area contributed by atoms with Gasteiger partial charge in [0.2, 0.25) is 0 Å². The van der Waals surface area contributed by atoms with Crippen molar-refractivity contribution in [3.05, 3.63) is 55.1 Å². The third kappa shape index (κ3) is 3.10. The highest BCUT2D eigenvalue weighted by Crippen LogP contribution is 2.18. The minimum Gasteiger partial charge on any atom is -0.461 e. The standard InChI is InChI=1S/C15H15NO2/c1-2-15(17)18-10-9-16-14-8-7-12-5-3-4-6-13(12)11-14/h2-8,11,16H,1,9-10H2. The molecule has 0 atom stereocenters. The van der Waals surface area contributed by atoms with Gasteiger partial charge < -0.3 is 10.1 Å². The van der Waals surface area contributed by atoms with Crippen molar-refractivity contribution in [2.24, 2.45) is 0 Å². The van der Waals surface area contributed by atoms with Gasteiger partial charge in [0.15, 0.2) is 0 Å². The fraction of sp³-hybridized carbons (Fsp3) is 0.133. The zero-order valence-corrected chi connectivity index (χ0v) is 10.1. The van der Waals surface area contributed by atoms with Crippen molar-refractivity contribution in [3.8, 4) is 0 Å². The highest BCUT2D eigenvalue weighted by atomic mass is 16.5. The van der Waals surface area contributed by atoms with Gasteiger partial charge in [0.25, 0.3) is 0 Å². The maximum absolute atomic E-state index is 10.8. The maximum Gasteiger partial charge on any atom is 0.330 e. The summed E-state index contributed by atoms with van der Waals surface area (Å²) in [6.07, 6.45) is 1.16. The molecule has 2 aromatic rings. The Kier molecular flexibility index (Phi) is 3.97. The van der Waals surface area contributed by atoms with E-state index in [1.807, 2.05) is 18.2 Å². The van der Waals surface area contributed by atoms with Gasteiger partial charge in [-0.2, -0.15) is 0 Å². The first-order valence-corrected chi connectivity index (χ1v) is 5.81. The Morgan fingerprint density at radius 2 is 2.00 bits per heavy atom. The van der Waals surface area contributed by atoms with Crippen molar-refractivity contribution in [2.75, 3.05) is 18.5 Å². The van der Waals surface area contributed by atoms with E-state index in [0.717, 1.165) is 11.8 Å². The number of hydrogen-bond donors (Lipinski definition) is 1. The summed E-state index contributed by atoms with van der Waals surface area (Å²) in [6, 6.07) is 14.3. The Bertz CT molecular complexity index is 563. The number of nitrogens with one attached hydrogen (secondary N) is 1. The van der Waals surface area contributed by atoms with Crippen molar-refractivity contribution in [2.45, 2.75) is 0 Å². The third-order valence-electron chi connectivity index (χ3n) is 2.59. The first kappa shape index (κ1) is 12.2. The van der Waals surface area contributed by atoms with Crippen molar-refractivity contribution in [1.29, 1.82) is 0 Å². The second kappa shape index (κ2) is 5.87. The summed E-state index contributed by atoms with van der Waals surface area (Å²) in [4.78, 5) is 10.8. The summed E-state index contributed by atoms with van der Waals surface area (Å²) >= 11 is 0. The lowest BCUT2D eigenvalue weighted by molar-refractivity contribution is -0.137. The molecule has 0 bridgehead atoms. The Morgan fingerprint density at radius 3 is 2.78 bits per heavy atom. The number of ether oxygens (including phenoxy) is 1. The molecule has 0 heterocycles. The minimum atomic E-state index is -0.393. The van der Waals surface area contributed by atoms with Crippen LogP contribution in [0.5, 0.6) is 0 Å². The van der Waals surface area contributed by atoms with Crippen molar-refractivity contribution in [1.82, 2.24) is 0 Å². The number of fused-ring (bicyclic) bond motifs is 1. The molecule has 0 aliphatic carbocycles. The van der Waals surface area contributed by atoms with E-state index in [9.17, 15) is 4.79 Å². The van der Waals surface area contributed by atoms with Gasteiger partial charge in [-0.3, -0.25) is 0 Å². The van der Waals surface area contributed by atoms with Crippen LogP contribution >= 0.6 is 0 Å². The first-order valence-electron chi connectivity index (χ1n) is 5.81. The highest BCUT2D eigenvalue weighted by Gasteiger charge is 1.97. The minimum absolute atomic E-state index is 0.331. The molecule has 0 aromatic heterocycles. The molecule has 0 aliphatic rings. The highest BCUT2D eigenvalue weighted by molar-refractivity contribution is 5.85. The Balaban J connectivity index is 1.91. The monoisotopic (exact) mass is 241 g/mol. The zero-order valence-electron chi connectivity index (χ0n) is 10.1. The van der Waals surface area contributed by atoms with Crippen molar-refractivity contribution < 1.29 is 9.53 Å². The van der Waals surface area contributed by atoms with Gasteiger partial charge in [-0.05, 0) is 22.9 Å². The molecule has 2 rings (SSSR count). The zero-order chi connectivity index (χ0) is 12.8.